The number of phenols is 1. The Morgan fingerprint density at radius 1 is 1.17 bits per heavy atom. The normalized spacial score (nSPS) is 31.7. The summed E-state index contributed by atoms with van der Waals surface area (Å²) >= 11 is 0. The smallest absolute Gasteiger partial charge is 0.193 e. The first-order valence-electron chi connectivity index (χ1n) is 13.1. The molecule has 182 valence electrons. The Morgan fingerprint density at radius 3 is 2.77 bits per heavy atom. The Hall–Kier alpha value is -2.83. The summed E-state index contributed by atoms with van der Waals surface area (Å²) in [5, 5.41) is 24.1. The molecule has 2 fully saturated rings. The van der Waals surface area contributed by atoms with Gasteiger partial charge in [0.2, 0.25) is 0 Å². The number of fused-ring (bicyclic) bond motifs is 3. The Labute approximate surface area is 204 Å². The molecule has 6 nitrogen and oxygen atoms in total. The number of hydrogen-bond donors (Lipinski definition) is 3. The van der Waals surface area contributed by atoms with Crippen LogP contribution in [0.15, 0.2) is 41.2 Å². The van der Waals surface area contributed by atoms with Gasteiger partial charge < -0.3 is 19.9 Å². The summed E-state index contributed by atoms with van der Waals surface area (Å²) in [7, 11) is 0. The topological polar surface area (TPSA) is 85.8 Å². The summed E-state index contributed by atoms with van der Waals surface area (Å²) in [4.78, 5) is 19.7. The van der Waals surface area contributed by atoms with Crippen LogP contribution in [0.3, 0.4) is 0 Å². The molecule has 2 aromatic carbocycles. The standard InChI is InChI=1S/C27H26N2O4.C2H6/c30-19-8-7-15-11-20-27(32)12-17-22(28-18-4-2-1-3-16(18)23(17)31)25-26(27,21(15)24(19)33-25)9-10-29(20)13-14-5-6-14;1-2/h1-4,7-8,14,20,25,30,32H,5-6,9-13H2,(H,28,31);1-2H3/t20-,25+,26+,27-;/m1./s1. The lowest BCUT2D eigenvalue weighted by Crippen LogP contribution is -2.75. The monoisotopic (exact) mass is 472 g/mol. The first kappa shape index (κ1) is 21.5. The van der Waals surface area contributed by atoms with Gasteiger partial charge in [-0.3, -0.25) is 9.69 Å². The summed E-state index contributed by atoms with van der Waals surface area (Å²) < 4.78 is 6.53. The maximum absolute atomic E-state index is 13.7. The van der Waals surface area contributed by atoms with Crippen LogP contribution in [-0.4, -0.2) is 44.8 Å². The van der Waals surface area contributed by atoms with Crippen molar-refractivity contribution in [3.05, 3.63) is 69.0 Å². The van der Waals surface area contributed by atoms with Gasteiger partial charge in [0.15, 0.2) is 23.0 Å². The maximum atomic E-state index is 13.7. The van der Waals surface area contributed by atoms with E-state index in [1.165, 1.54) is 12.8 Å². The van der Waals surface area contributed by atoms with Crippen molar-refractivity contribution in [3.63, 3.8) is 0 Å². The number of aromatic nitrogens is 1. The lowest BCUT2D eigenvalue weighted by molar-refractivity contribution is -0.173. The van der Waals surface area contributed by atoms with Gasteiger partial charge >= 0.3 is 0 Å². The number of pyridine rings is 1. The highest BCUT2D eigenvalue weighted by Gasteiger charge is 2.72. The van der Waals surface area contributed by atoms with E-state index in [1.807, 2.05) is 44.2 Å². The van der Waals surface area contributed by atoms with E-state index >= 15 is 0 Å². The highest BCUT2D eigenvalue weighted by Crippen LogP contribution is 2.68. The minimum absolute atomic E-state index is 0.0241. The summed E-state index contributed by atoms with van der Waals surface area (Å²) in [5.74, 6) is 1.33. The average molecular weight is 473 g/mol. The summed E-state index contributed by atoms with van der Waals surface area (Å²) in [6, 6.07) is 11.2. The van der Waals surface area contributed by atoms with Crippen LogP contribution in [0.5, 0.6) is 11.5 Å². The fourth-order valence-electron chi connectivity index (χ4n) is 7.63. The number of nitrogens with zero attached hydrogens (tertiary/aromatic N) is 1. The molecule has 0 amide bonds. The zero-order valence-electron chi connectivity index (χ0n) is 20.3. The molecule has 1 saturated carbocycles. The molecule has 5 aliphatic rings. The third-order valence-corrected chi connectivity index (χ3v) is 9.26. The Kier molecular flexibility index (Phi) is 4.36. The van der Waals surface area contributed by atoms with Crippen molar-refractivity contribution in [3.8, 4) is 11.5 Å². The zero-order valence-corrected chi connectivity index (χ0v) is 20.3. The average Bonchev–Trinajstić information content (AvgIpc) is 3.61. The predicted octanol–water partition coefficient (Wildman–Crippen LogP) is 3.96. The van der Waals surface area contributed by atoms with Crippen LogP contribution in [0.1, 0.15) is 61.6 Å². The van der Waals surface area contributed by atoms with Gasteiger partial charge in [-0.2, -0.15) is 0 Å². The summed E-state index contributed by atoms with van der Waals surface area (Å²) in [6.45, 7) is 5.90. The van der Waals surface area contributed by atoms with Crippen molar-refractivity contribution in [2.45, 2.75) is 69.1 Å². The number of para-hydroxylation sites is 1. The van der Waals surface area contributed by atoms with E-state index in [1.54, 1.807) is 6.07 Å². The van der Waals surface area contributed by atoms with Crippen molar-refractivity contribution in [1.29, 1.82) is 0 Å². The van der Waals surface area contributed by atoms with E-state index in [0.717, 1.165) is 47.8 Å². The highest BCUT2D eigenvalue weighted by molar-refractivity contribution is 5.80. The largest absolute Gasteiger partial charge is 0.504 e. The number of nitrogens with one attached hydrogen (secondary N) is 1. The molecule has 35 heavy (non-hydrogen) atoms. The minimum Gasteiger partial charge on any atom is -0.504 e. The lowest BCUT2D eigenvalue weighted by atomic mass is 9.49. The molecule has 1 saturated heterocycles. The number of benzene rings is 2. The molecular weight excluding hydrogens is 440 g/mol. The number of piperidine rings is 1. The second-order valence-corrected chi connectivity index (χ2v) is 10.8. The third-order valence-electron chi connectivity index (χ3n) is 9.26. The first-order valence-corrected chi connectivity index (χ1v) is 13.1. The fourth-order valence-corrected chi connectivity index (χ4v) is 7.63. The molecule has 3 aliphatic carbocycles. The molecule has 2 aliphatic heterocycles. The molecule has 2 bridgehead atoms. The number of hydrogen-bond acceptors (Lipinski definition) is 5. The SMILES string of the molecule is CC.O=c1c2c([nH]c3ccccc13)[C@@H]1Oc3c(O)ccc4c3[C@@]13CCN(CC1CC1)[C@H](C4)[C@]3(O)C2. The highest BCUT2D eigenvalue weighted by atomic mass is 16.5. The Bertz CT molecular complexity index is 1430. The van der Waals surface area contributed by atoms with Gasteiger partial charge in [-0.05, 0) is 61.9 Å². The Morgan fingerprint density at radius 2 is 1.97 bits per heavy atom. The van der Waals surface area contributed by atoms with Crippen molar-refractivity contribution < 1.29 is 14.9 Å². The zero-order chi connectivity index (χ0) is 24.1. The lowest BCUT2D eigenvalue weighted by Gasteiger charge is -2.62. The quantitative estimate of drug-likeness (QED) is 0.526. The van der Waals surface area contributed by atoms with Crippen molar-refractivity contribution >= 4 is 10.9 Å². The molecule has 8 rings (SSSR count). The number of H-pyrrole nitrogens is 1. The summed E-state index contributed by atoms with van der Waals surface area (Å²) in [6.07, 6.45) is 3.78. The molecule has 0 radical (unpaired) electrons. The second-order valence-electron chi connectivity index (χ2n) is 10.8. The van der Waals surface area contributed by atoms with Crippen LogP contribution in [0.25, 0.3) is 10.9 Å². The predicted molar refractivity (Wildman–Crippen MR) is 134 cm³/mol. The van der Waals surface area contributed by atoms with Gasteiger partial charge in [0.05, 0.1) is 16.7 Å². The van der Waals surface area contributed by atoms with Gasteiger partial charge in [-0.1, -0.05) is 32.0 Å². The van der Waals surface area contributed by atoms with E-state index in [4.69, 9.17) is 4.74 Å². The van der Waals surface area contributed by atoms with Crippen molar-refractivity contribution in [1.82, 2.24) is 9.88 Å². The fraction of sp³-hybridized carbons (Fsp3) is 0.483. The van der Waals surface area contributed by atoms with E-state index < -0.39 is 17.1 Å². The molecule has 1 spiro atoms. The minimum atomic E-state index is -1.13. The van der Waals surface area contributed by atoms with Gasteiger partial charge in [0, 0.05) is 41.0 Å². The maximum Gasteiger partial charge on any atom is 0.193 e. The third kappa shape index (κ3) is 2.54. The van der Waals surface area contributed by atoms with Crippen LogP contribution in [0, 0.1) is 5.92 Å². The molecule has 0 unspecified atom stereocenters. The summed E-state index contributed by atoms with van der Waals surface area (Å²) in [5.41, 5.74) is 2.49. The number of aromatic hydroxyl groups is 1. The molecule has 3 heterocycles. The molecular formula is C29H32N2O4. The molecule has 3 aromatic rings. The Balaban J connectivity index is 0.00000103. The van der Waals surface area contributed by atoms with Crippen LogP contribution in [-0.2, 0) is 18.3 Å². The number of phenolic OH excluding ortho intramolecular Hbond substituents is 1. The molecule has 1 aromatic heterocycles. The molecule has 4 atom stereocenters. The second kappa shape index (κ2) is 7.11. The van der Waals surface area contributed by atoms with E-state index in [-0.39, 0.29) is 17.2 Å². The number of ether oxygens (including phenoxy) is 1. The number of likely N-dealkylation sites (tertiary alicyclic amines) is 1. The van der Waals surface area contributed by atoms with Crippen molar-refractivity contribution in [2.75, 3.05) is 13.1 Å². The van der Waals surface area contributed by atoms with Gasteiger partial charge in [-0.25, -0.2) is 0 Å². The van der Waals surface area contributed by atoms with Crippen LogP contribution in [0.2, 0.25) is 0 Å². The van der Waals surface area contributed by atoms with E-state index in [9.17, 15) is 15.0 Å². The van der Waals surface area contributed by atoms with Gasteiger partial charge in [0.1, 0.15) is 0 Å². The molecule has 3 N–H and O–H groups in total. The van der Waals surface area contributed by atoms with Gasteiger partial charge in [0.25, 0.3) is 0 Å². The number of rotatable bonds is 2. The van der Waals surface area contributed by atoms with E-state index in [2.05, 4.69) is 9.88 Å². The number of aromatic amines is 1. The van der Waals surface area contributed by atoms with Crippen LogP contribution < -0.4 is 10.2 Å². The van der Waals surface area contributed by atoms with Crippen molar-refractivity contribution in [2.24, 2.45) is 5.92 Å². The van der Waals surface area contributed by atoms with Crippen LogP contribution >= 0.6 is 0 Å². The van der Waals surface area contributed by atoms with E-state index in [0.29, 0.717) is 29.5 Å². The van der Waals surface area contributed by atoms with Gasteiger partial charge in [-0.15, -0.1) is 0 Å². The number of aliphatic hydroxyl groups is 1. The van der Waals surface area contributed by atoms with Crippen LogP contribution in [0.4, 0.5) is 0 Å². The first-order chi connectivity index (χ1) is 17.0. The molecule has 6 heteroatoms.